The van der Waals surface area contributed by atoms with Gasteiger partial charge in [0.2, 0.25) is 5.91 Å². The summed E-state index contributed by atoms with van der Waals surface area (Å²) in [5, 5.41) is 8.08. The van der Waals surface area contributed by atoms with Gasteiger partial charge in [0.1, 0.15) is 11.7 Å². The van der Waals surface area contributed by atoms with Gasteiger partial charge in [0.15, 0.2) is 0 Å². The predicted molar refractivity (Wildman–Crippen MR) is 99.2 cm³/mol. The number of hydrogen-bond acceptors (Lipinski definition) is 4. The van der Waals surface area contributed by atoms with E-state index in [-0.39, 0.29) is 18.4 Å². The van der Waals surface area contributed by atoms with Crippen molar-refractivity contribution in [3.63, 3.8) is 0 Å². The van der Waals surface area contributed by atoms with E-state index in [0.717, 1.165) is 16.6 Å². The predicted octanol–water partition coefficient (Wildman–Crippen LogP) is 1.32. The lowest BCUT2D eigenvalue weighted by Gasteiger charge is -2.33. The second-order valence-corrected chi connectivity index (χ2v) is 6.52. The van der Waals surface area contributed by atoms with Crippen LogP contribution in [0.3, 0.4) is 0 Å². The van der Waals surface area contributed by atoms with Crippen molar-refractivity contribution in [3.8, 4) is 0 Å². The fourth-order valence-electron chi connectivity index (χ4n) is 3.40. The molecule has 1 aliphatic rings. The Kier molecular flexibility index (Phi) is 4.64. The van der Waals surface area contributed by atoms with Crippen molar-refractivity contribution in [2.45, 2.75) is 12.6 Å². The Morgan fingerprint density at radius 2 is 2.19 bits per heavy atom. The van der Waals surface area contributed by atoms with Crippen LogP contribution in [0, 0.1) is 0 Å². The van der Waals surface area contributed by atoms with Gasteiger partial charge in [-0.2, -0.15) is 5.10 Å². The number of ether oxygens (including phenoxy) is 1. The van der Waals surface area contributed by atoms with Crippen LogP contribution in [0.25, 0.3) is 10.9 Å². The van der Waals surface area contributed by atoms with E-state index in [1.807, 2.05) is 36.4 Å². The smallest absolute Gasteiger partial charge is 0.270 e. The van der Waals surface area contributed by atoms with Crippen LogP contribution in [-0.2, 0) is 16.1 Å². The zero-order chi connectivity index (χ0) is 18.8. The molecule has 4 rings (SSSR count). The second kappa shape index (κ2) is 7.24. The molecule has 3 aromatic rings. The average Bonchev–Trinajstić information content (AvgIpc) is 3.33. The molecule has 2 aromatic heterocycles. The van der Waals surface area contributed by atoms with Gasteiger partial charge in [-0.3, -0.25) is 14.3 Å². The topological polar surface area (TPSA) is 92.2 Å². The molecule has 3 heterocycles. The average molecular weight is 367 g/mol. The van der Waals surface area contributed by atoms with E-state index in [1.54, 1.807) is 22.9 Å². The molecule has 0 aliphatic carbocycles. The molecule has 1 atom stereocenters. The number of nitrogens with zero attached hydrogens (tertiary/aromatic N) is 3. The molecule has 2 amide bonds. The van der Waals surface area contributed by atoms with Crippen molar-refractivity contribution in [2.24, 2.45) is 0 Å². The Morgan fingerprint density at radius 3 is 3.00 bits per heavy atom. The van der Waals surface area contributed by atoms with Crippen LogP contribution in [0.15, 0.2) is 42.6 Å². The van der Waals surface area contributed by atoms with E-state index in [1.165, 1.54) is 0 Å². The summed E-state index contributed by atoms with van der Waals surface area (Å²) in [5.74, 6) is -0.306. The number of hydrogen-bond donors (Lipinski definition) is 2. The highest BCUT2D eigenvalue weighted by molar-refractivity contribution is 5.98. The normalized spacial score (nSPS) is 16.3. The van der Waals surface area contributed by atoms with Gasteiger partial charge in [-0.05, 0) is 18.2 Å². The Balaban J connectivity index is 1.57. The highest BCUT2D eigenvalue weighted by Gasteiger charge is 2.33. The Morgan fingerprint density at radius 1 is 1.33 bits per heavy atom. The number of rotatable bonds is 5. The van der Waals surface area contributed by atoms with Crippen LogP contribution < -0.4 is 5.32 Å². The first kappa shape index (κ1) is 17.3. The third-order valence-electron chi connectivity index (χ3n) is 4.75. The van der Waals surface area contributed by atoms with Crippen molar-refractivity contribution in [1.29, 1.82) is 0 Å². The number of aromatic amines is 1. The lowest BCUT2D eigenvalue weighted by molar-refractivity contribution is -0.125. The largest absolute Gasteiger partial charge is 0.383 e. The zero-order valence-electron chi connectivity index (χ0n) is 15.0. The quantitative estimate of drug-likeness (QED) is 0.666. The van der Waals surface area contributed by atoms with E-state index in [0.29, 0.717) is 25.4 Å². The van der Waals surface area contributed by atoms with Gasteiger partial charge in [-0.15, -0.1) is 0 Å². The van der Waals surface area contributed by atoms with Crippen molar-refractivity contribution < 1.29 is 14.3 Å². The molecule has 2 N–H and O–H groups in total. The summed E-state index contributed by atoms with van der Waals surface area (Å²) in [7, 11) is 1.58. The molecule has 1 aliphatic heterocycles. The molecule has 27 heavy (non-hydrogen) atoms. The van der Waals surface area contributed by atoms with Gasteiger partial charge in [-0.25, -0.2) is 0 Å². The highest BCUT2D eigenvalue weighted by atomic mass is 16.5. The van der Waals surface area contributed by atoms with Crippen LogP contribution in [0.1, 0.15) is 22.2 Å². The van der Waals surface area contributed by atoms with Crippen LogP contribution in [0.2, 0.25) is 0 Å². The number of benzene rings is 1. The van der Waals surface area contributed by atoms with Crippen molar-refractivity contribution in [3.05, 3.63) is 54.0 Å². The molecule has 0 spiro atoms. The maximum atomic E-state index is 13.0. The first-order chi connectivity index (χ1) is 13.2. The molecule has 0 radical (unpaired) electrons. The number of carbonyl (C=O) groups is 2. The Labute approximate surface area is 156 Å². The first-order valence-corrected chi connectivity index (χ1v) is 8.83. The van der Waals surface area contributed by atoms with E-state index < -0.39 is 6.04 Å². The molecular formula is C19H21N5O3. The minimum Gasteiger partial charge on any atom is -0.383 e. The van der Waals surface area contributed by atoms with Crippen LogP contribution in [0.4, 0.5) is 0 Å². The van der Waals surface area contributed by atoms with Gasteiger partial charge in [0.05, 0.1) is 25.4 Å². The summed E-state index contributed by atoms with van der Waals surface area (Å²) >= 11 is 0. The molecule has 0 fully saturated rings. The Hall–Kier alpha value is -3.13. The number of methoxy groups -OCH3 is 1. The molecule has 8 heteroatoms. The minimum atomic E-state index is -0.561. The third-order valence-corrected chi connectivity index (χ3v) is 4.75. The van der Waals surface area contributed by atoms with Crippen molar-refractivity contribution in [2.75, 3.05) is 26.8 Å². The summed E-state index contributed by atoms with van der Waals surface area (Å²) in [6.45, 7) is 1.53. The van der Waals surface area contributed by atoms with Gasteiger partial charge in [0, 0.05) is 30.8 Å². The van der Waals surface area contributed by atoms with Gasteiger partial charge < -0.3 is 19.9 Å². The summed E-state index contributed by atoms with van der Waals surface area (Å²) in [4.78, 5) is 30.5. The molecule has 0 bridgehead atoms. The number of amides is 2. The summed E-state index contributed by atoms with van der Waals surface area (Å²) in [6, 6.07) is 10.9. The van der Waals surface area contributed by atoms with Gasteiger partial charge in [0.25, 0.3) is 5.91 Å². The van der Waals surface area contributed by atoms with Gasteiger partial charge >= 0.3 is 0 Å². The molecule has 8 nitrogen and oxygen atoms in total. The number of nitrogens with one attached hydrogen (secondary N) is 2. The maximum Gasteiger partial charge on any atom is 0.270 e. The number of para-hydroxylation sites is 1. The fourth-order valence-corrected chi connectivity index (χ4v) is 3.40. The molecule has 0 saturated carbocycles. The number of carbonyl (C=O) groups excluding carboxylic acids is 2. The highest BCUT2D eigenvalue weighted by Crippen LogP contribution is 2.23. The molecule has 0 saturated heterocycles. The fraction of sp³-hybridized carbons (Fsp3) is 0.316. The minimum absolute atomic E-state index is 0.131. The van der Waals surface area contributed by atoms with Crippen LogP contribution in [-0.4, -0.2) is 58.3 Å². The van der Waals surface area contributed by atoms with E-state index in [2.05, 4.69) is 15.4 Å². The van der Waals surface area contributed by atoms with Crippen molar-refractivity contribution >= 4 is 22.7 Å². The molecule has 0 unspecified atom stereocenters. The molecule has 140 valence electrons. The lowest BCUT2D eigenvalue weighted by atomic mass is 10.1. The van der Waals surface area contributed by atoms with E-state index >= 15 is 0 Å². The number of aromatic nitrogens is 3. The molecule has 1 aromatic carbocycles. The van der Waals surface area contributed by atoms with E-state index in [9.17, 15) is 9.59 Å². The van der Waals surface area contributed by atoms with Crippen LogP contribution >= 0.6 is 0 Å². The van der Waals surface area contributed by atoms with Gasteiger partial charge in [-0.1, -0.05) is 18.2 Å². The summed E-state index contributed by atoms with van der Waals surface area (Å²) in [6.07, 6.45) is 1.65. The molecular weight excluding hydrogens is 346 g/mol. The number of H-pyrrole nitrogens is 1. The monoisotopic (exact) mass is 367 g/mol. The summed E-state index contributed by atoms with van der Waals surface area (Å²) < 4.78 is 6.67. The maximum absolute atomic E-state index is 13.0. The van der Waals surface area contributed by atoms with Crippen molar-refractivity contribution in [1.82, 2.24) is 25.0 Å². The third kappa shape index (κ3) is 3.31. The van der Waals surface area contributed by atoms with Crippen LogP contribution in [0.5, 0.6) is 0 Å². The Bertz CT molecular complexity index is 944. The summed E-state index contributed by atoms with van der Waals surface area (Å²) in [5.41, 5.74) is 2.26. The lowest BCUT2D eigenvalue weighted by Crippen LogP contribution is -2.47. The number of fused-ring (bicyclic) bond motifs is 2. The SMILES string of the molecule is COCCNC(=O)[C@@H]1CN(C(=O)c2cc3ccccc3[nH]2)Cc2ccnn21. The standard InChI is InChI=1S/C19H21N5O3/c1-27-9-8-20-18(25)17-12-23(11-14-6-7-21-24(14)17)19(26)16-10-13-4-2-3-5-15(13)22-16/h2-7,10,17,22H,8-9,11-12H2,1H3,(H,20,25)/t17-/m0/s1. The zero-order valence-corrected chi connectivity index (χ0v) is 15.0. The second-order valence-electron chi connectivity index (χ2n) is 6.52. The van der Waals surface area contributed by atoms with E-state index in [4.69, 9.17) is 4.74 Å². The first-order valence-electron chi connectivity index (χ1n) is 8.83.